The summed E-state index contributed by atoms with van der Waals surface area (Å²) in [7, 11) is 3.65. The van der Waals surface area contributed by atoms with Crippen LogP contribution in [-0.4, -0.2) is 46.5 Å². The summed E-state index contributed by atoms with van der Waals surface area (Å²) in [4.78, 5) is 13.7. The summed E-state index contributed by atoms with van der Waals surface area (Å²) >= 11 is 0. The number of aromatic nitrogens is 2. The minimum absolute atomic E-state index is 0.0475. The number of carbonyl (C=O) groups is 1. The standard InChI is InChI=1S/C13H22N4O2/c1-10(12-5-4-6-19-12)15-13(18)16(2)8-11-7-14-17(3)9-11/h7,9-10,12H,4-6,8H2,1-3H3,(H,15,18)/t10-,12-/m1/s1. The Hall–Kier alpha value is -1.56. The average molecular weight is 266 g/mol. The summed E-state index contributed by atoms with van der Waals surface area (Å²) in [5.74, 6) is 0. The van der Waals surface area contributed by atoms with E-state index in [-0.39, 0.29) is 18.2 Å². The largest absolute Gasteiger partial charge is 0.376 e. The maximum Gasteiger partial charge on any atom is 0.317 e. The third-order valence-corrected chi connectivity index (χ3v) is 3.40. The molecule has 0 aliphatic carbocycles. The zero-order chi connectivity index (χ0) is 13.8. The van der Waals surface area contributed by atoms with Crippen LogP contribution >= 0.6 is 0 Å². The van der Waals surface area contributed by atoms with Gasteiger partial charge in [0.1, 0.15) is 0 Å². The second-order valence-electron chi connectivity index (χ2n) is 5.17. The van der Waals surface area contributed by atoms with Crippen LogP contribution in [0.5, 0.6) is 0 Å². The number of hydrogen-bond donors (Lipinski definition) is 1. The van der Waals surface area contributed by atoms with Crippen molar-refractivity contribution in [3.63, 3.8) is 0 Å². The van der Waals surface area contributed by atoms with E-state index in [0.717, 1.165) is 25.0 Å². The molecule has 2 rings (SSSR count). The van der Waals surface area contributed by atoms with Crippen LogP contribution in [0, 0.1) is 0 Å². The second kappa shape index (κ2) is 6.06. The van der Waals surface area contributed by atoms with E-state index in [1.165, 1.54) is 0 Å². The van der Waals surface area contributed by atoms with Crippen molar-refractivity contribution >= 4 is 6.03 Å². The highest BCUT2D eigenvalue weighted by Gasteiger charge is 2.24. The molecule has 0 saturated carbocycles. The summed E-state index contributed by atoms with van der Waals surface area (Å²) < 4.78 is 7.30. The van der Waals surface area contributed by atoms with Gasteiger partial charge in [0.15, 0.2) is 0 Å². The van der Waals surface area contributed by atoms with Gasteiger partial charge in [-0.3, -0.25) is 4.68 Å². The number of nitrogens with one attached hydrogen (secondary N) is 1. The molecule has 1 aromatic heterocycles. The van der Waals surface area contributed by atoms with Crippen LogP contribution in [0.1, 0.15) is 25.3 Å². The molecule has 2 amide bonds. The van der Waals surface area contributed by atoms with E-state index in [9.17, 15) is 4.79 Å². The van der Waals surface area contributed by atoms with Gasteiger partial charge >= 0.3 is 6.03 Å². The molecule has 1 aliphatic heterocycles. The van der Waals surface area contributed by atoms with Gasteiger partial charge < -0.3 is 15.0 Å². The number of rotatable bonds is 4. The predicted octanol–water partition coefficient (Wildman–Crippen LogP) is 1.13. The van der Waals surface area contributed by atoms with Crippen molar-refractivity contribution in [1.82, 2.24) is 20.0 Å². The quantitative estimate of drug-likeness (QED) is 0.888. The van der Waals surface area contributed by atoms with Gasteiger partial charge in [0, 0.05) is 32.5 Å². The van der Waals surface area contributed by atoms with Crippen molar-refractivity contribution in [3.05, 3.63) is 18.0 Å². The van der Waals surface area contributed by atoms with E-state index in [0.29, 0.717) is 6.54 Å². The lowest BCUT2D eigenvalue weighted by atomic mass is 10.1. The molecular formula is C13H22N4O2. The second-order valence-corrected chi connectivity index (χ2v) is 5.17. The maximum atomic E-state index is 12.1. The molecule has 1 N–H and O–H groups in total. The maximum absolute atomic E-state index is 12.1. The monoisotopic (exact) mass is 266 g/mol. The Balaban J connectivity index is 1.81. The molecule has 1 fully saturated rings. The fourth-order valence-electron chi connectivity index (χ4n) is 2.29. The van der Waals surface area contributed by atoms with Crippen LogP contribution < -0.4 is 5.32 Å². The zero-order valence-electron chi connectivity index (χ0n) is 11.8. The van der Waals surface area contributed by atoms with Crippen molar-refractivity contribution in [2.75, 3.05) is 13.7 Å². The fourth-order valence-corrected chi connectivity index (χ4v) is 2.29. The third-order valence-electron chi connectivity index (χ3n) is 3.40. The van der Waals surface area contributed by atoms with Gasteiger partial charge in [0.25, 0.3) is 0 Å². The molecule has 1 aromatic rings. The number of hydrogen-bond acceptors (Lipinski definition) is 3. The van der Waals surface area contributed by atoms with Gasteiger partial charge in [-0.05, 0) is 19.8 Å². The van der Waals surface area contributed by atoms with E-state index in [2.05, 4.69) is 10.4 Å². The zero-order valence-corrected chi connectivity index (χ0v) is 11.8. The lowest BCUT2D eigenvalue weighted by Gasteiger charge is -2.24. The van der Waals surface area contributed by atoms with Gasteiger partial charge in [0.05, 0.1) is 24.9 Å². The third kappa shape index (κ3) is 3.70. The normalized spacial score (nSPS) is 20.3. The Morgan fingerprint density at radius 3 is 3.11 bits per heavy atom. The van der Waals surface area contributed by atoms with Crippen LogP contribution in [0.3, 0.4) is 0 Å². The van der Waals surface area contributed by atoms with Crippen LogP contribution in [0.2, 0.25) is 0 Å². The first-order chi connectivity index (χ1) is 9.06. The molecule has 0 bridgehead atoms. The topological polar surface area (TPSA) is 59.4 Å². The van der Waals surface area contributed by atoms with E-state index in [1.807, 2.05) is 20.2 Å². The van der Waals surface area contributed by atoms with E-state index in [1.54, 1.807) is 22.8 Å². The summed E-state index contributed by atoms with van der Waals surface area (Å²) in [6.07, 6.45) is 5.93. The smallest absolute Gasteiger partial charge is 0.317 e. The summed E-state index contributed by atoms with van der Waals surface area (Å²) in [5, 5.41) is 7.07. The molecule has 2 atom stereocenters. The fraction of sp³-hybridized carbons (Fsp3) is 0.692. The molecule has 1 aliphatic rings. The Labute approximate surface area is 113 Å². The lowest BCUT2D eigenvalue weighted by molar-refractivity contribution is 0.0838. The van der Waals surface area contributed by atoms with Gasteiger partial charge in [-0.1, -0.05) is 0 Å². The van der Waals surface area contributed by atoms with E-state index >= 15 is 0 Å². The molecule has 0 unspecified atom stereocenters. The van der Waals surface area contributed by atoms with Gasteiger partial charge in [-0.15, -0.1) is 0 Å². The molecule has 2 heterocycles. The van der Waals surface area contributed by atoms with Crippen LogP contribution in [0.4, 0.5) is 4.79 Å². The molecular weight excluding hydrogens is 244 g/mol. The number of carbonyl (C=O) groups excluding carboxylic acids is 1. The minimum Gasteiger partial charge on any atom is -0.376 e. The first kappa shape index (κ1) is 13.9. The van der Waals surface area contributed by atoms with Crippen LogP contribution in [0.25, 0.3) is 0 Å². The summed E-state index contributed by atoms with van der Waals surface area (Å²) in [6, 6.07) is -0.0294. The van der Waals surface area contributed by atoms with Crippen molar-refractivity contribution < 1.29 is 9.53 Å². The van der Waals surface area contributed by atoms with Gasteiger partial charge in [-0.2, -0.15) is 5.10 Å². The first-order valence-electron chi connectivity index (χ1n) is 6.67. The number of aryl methyl sites for hydroxylation is 1. The molecule has 106 valence electrons. The van der Waals surface area contributed by atoms with Crippen molar-refractivity contribution in [2.45, 2.75) is 38.5 Å². The highest BCUT2D eigenvalue weighted by atomic mass is 16.5. The number of amides is 2. The van der Waals surface area contributed by atoms with Crippen molar-refractivity contribution in [3.8, 4) is 0 Å². The summed E-state index contributed by atoms with van der Waals surface area (Å²) in [5.41, 5.74) is 1.02. The summed E-state index contributed by atoms with van der Waals surface area (Å²) in [6.45, 7) is 3.35. The SMILES string of the molecule is C[C@@H](NC(=O)N(C)Cc1cnn(C)c1)[C@H]1CCCO1. The molecule has 0 radical (unpaired) electrons. The van der Waals surface area contributed by atoms with Crippen molar-refractivity contribution in [1.29, 1.82) is 0 Å². The van der Waals surface area contributed by atoms with Crippen LogP contribution in [-0.2, 0) is 18.3 Å². The minimum atomic E-state index is -0.0770. The Kier molecular flexibility index (Phi) is 4.42. The number of urea groups is 1. The predicted molar refractivity (Wildman–Crippen MR) is 71.6 cm³/mol. The number of ether oxygens (including phenoxy) is 1. The first-order valence-corrected chi connectivity index (χ1v) is 6.67. The van der Waals surface area contributed by atoms with Crippen molar-refractivity contribution in [2.24, 2.45) is 7.05 Å². The molecule has 6 nitrogen and oxygen atoms in total. The highest BCUT2D eigenvalue weighted by molar-refractivity contribution is 5.74. The molecule has 0 aromatic carbocycles. The Bertz CT molecular complexity index is 426. The van der Waals surface area contributed by atoms with Gasteiger partial charge in [0.2, 0.25) is 0 Å². The lowest BCUT2D eigenvalue weighted by Crippen LogP contribution is -2.46. The van der Waals surface area contributed by atoms with Gasteiger partial charge in [-0.25, -0.2) is 4.79 Å². The number of nitrogens with zero attached hydrogens (tertiary/aromatic N) is 3. The van der Waals surface area contributed by atoms with E-state index < -0.39 is 0 Å². The highest BCUT2D eigenvalue weighted by Crippen LogP contribution is 2.15. The molecule has 6 heteroatoms. The average Bonchev–Trinajstić information content (AvgIpc) is 3.00. The Morgan fingerprint density at radius 1 is 1.74 bits per heavy atom. The van der Waals surface area contributed by atoms with Crippen LogP contribution in [0.15, 0.2) is 12.4 Å². The Morgan fingerprint density at radius 2 is 2.53 bits per heavy atom. The molecule has 0 spiro atoms. The molecule has 19 heavy (non-hydrogen) atoms. The molecule has 1 saturated heterocycles. The van der Waals surface area contributed by atoms with E-state index in [4.69, 9.17) is 4.74 Å².